The van der Waals surface area contributed by atoms with Crippen molar-refractivity contribution in [2.45, 2.75) is 18.2 Å². The number of sulfonamides is 1. The number of nitrogens with two attached hydrogens (primary N) is 1. The van der Waals surface area contributed by atoms with Gasteiger partial charge in [-0.15, -0.1) is 0 Å². The second kappa shape index (κ2) is 7.31. The number of benzene rings is 1. The van der Waals surface area contributed by atoms with Gasteiger partial charge in [0.25, 0.3) is 0 Å². The number of hydrogen-bond donors (Lipinski definition) is 1. The molecule has 0 radical (unpaired) electrons. The smallest absolute Gasteiger partial charge is 0.239 e. The second-order valence-electron chi connectivity index (χ2n) is 3.63. The normalized spacial score (nSPS) is 11.6. The minimum Gasteiger partial charge on any atom is -0.492 e. The molecule has 1 aromatic rings. The summed E-state index contributed by atoms with van der Waals surface area (Å²) in [5.41, 5.74) is 0. The Morgan fingerprint density at radius 1 is 1.21 bits per heavy atom. The van der Waals surface area contributed by atoms with E-state index in [1.165, 1.54) is 12.1 Å². The van der Waals surface area contributed by atoms with E-state index in [0.29, 0.717) is 32.0 Å². The third-order valence-electron chi connectivity index (χ3n) is 2.21. The van der Waals surface area contributed by atoms with Crippen molar-refractivity contribution in [3.05, 3.63) is 22.2 Å². The standard InChI is InChI=1S/C11H15Cl2NO4S/c1-2-17-6-3-7-18-8-4-5-9(19(14,15)16)11(13)10(8)12/h4-5H,2-3,6-7H2,1H3,(H2,14,15,16). The average molecular weight is 328 g/mol. The van der Waals surface area contributed by atoms with Crippen molar-refractivity contribution >= 4 is 33.2 Å². The lowest BCUT2D eigenvalue weighted by Gasteiger charge is -2.11. The monoisotopic (exact) mass is 327 g/mol. The van der Waals surface area contributed by atoms with Crippen LogP contribution in [0.1, 0.15) is 13.3 Å². The minimum absolute atomic E-state index is 0.0320. The van der Waals surface area contributed by atoms with E-state index in [9.17, 15) is 8.42 Å². The van der Waals surface area contributed by atoms with E-state index in [0.717, 1.165) is 0 Å². The Labute approximate surface area is 122 Å². The summed E-state index contributed by atoms with van der Waals surface area (Å²) in [6.07, 6.45) is 0.693. The van der Waals surface area contributed by atoms with Gasteiger partial charge >= 0.3 is 0 Å². The highest BCUT2D eigenvalue weighted by Gasteiger charge is 2.18. The molecule has 0 spiro atoms. The zero-order valence-corrected chi connectivity index (χ0v) is 12.7. The number of ether oxygens (including phenoxy) is 2. The molecular formula is C11H15Cl2NO4S. The van der Waals surface area contributed by atoms with E-state index in [1.54, 1.807) is 0 Å². The molecule has 0 bridgehead atoms. The van der Waals surface area contributed by atoms with Gasteiger partial charge in [-0.1, -0.05) is 23.2 Å². The van der Waals surface area contributed by atoms with Gasteiger partial charge in [0.1, 0.15) is 15.7 Å². The van der Waals surface area contributed by atoms with Crippen molar-refractivity contribution in [3.63, 3.8) is 0 Å². The van der Waals surface area contributed by atoms with Gasteiger partial charge in [-0.25, -0.2) is 13.6 Å². The van der Waals surface area contributed by atoms with Gasteiger partial charge in [0.05, 0.1) is 11.6 Å². The number of halogens is 2. The Bertz CT molecular complexity index is 534. The average Bonchev–Trinajstić information content (AvgIpc) is 2.32. The summed E-state index contributed by atoms with van der Waals surface area (Å²) >= 11 is 11.8. The number of rotatable bonds is 7. The Balaban J connectivity index is 2.75. The highest BCUT2D eigenvalue weighted by atomic mass is 35.5. The lowest BCUT2D eigenvalue weighted by atomic mass is 10.3. The molecule has 108 valence electrons. The van der Waals surface area contributed by atoms with Crippen LogP contribution in [0, 0.1) is 0 Å². The van der Waals surface area contributed by atoms with E-state index in [1.807, 2.05) is 6.92 Å². The molecule has 0 saturated carbocycles. The zero-order chi connectivity index (χ0) is 14.5. The van der Waals surface area contributed by atoms with Gasteiger partial charge in [-0.3, -0.25) is 0 Å². The first-order valence-corrected chi connectivity index (χ1v) is 7.89. The maximum absolute atomic E-state index is 11.2. The molecule has 0 atom stereocenters. The molecule has 0 aliphatic rings. The van der Waals surface area contributed by atoms with Crippen molar-refractivity contribution in [2.75, 3.05) is 19.8 Å². The van der Waals surface area contributed by atoms with Crippen LogP contribution in [0.5, 0.6) is 5.75 Å². The Kier molecular flexibility index (Phi) is 6.35. The fraction of sp³-hybridized carbons (Fsp3) is 0.455. The van der Waals surface area contributed by atoms with Crippen LogP contribution in [0.15, 0.2) is 17.0 Å². The third-order valence-corrected chi connectivity index (χ3v) is 4.14. The van der Waals surface area contributed by atoms with Crippen LogP contribution in [-0.4, -0.2) is 28.2 Å². The van der Waals surface area contributed by atoms with Crippen LogP contribution in [0.25, 0.3) is 0 Å². The van der Waals surface area contributed by atoms with Gasteiger partial charge in [0.2, 0.25) is 10.0 Å². The van der Waals surface area contributed by atoms with Crippen molar-refractivity contribution in [1.82, 2.24) is 0 Å². The van der Waals surface area contributed by atoms with Crippen LogP contribution in [-0.2, 0) is 14.8 Å². The van der Waals surface area contributed by atoms with Gasteiger partial charge in [0, 0.05) is 19.6 Å². The van der Waals surface area contributed by atoms with E-state index in [4.69, 9.17) is 37.8 Å². The van der Waals surface area contributed by atoms with Crippen molar-refractivity contribution < 1.29 is 17.9 Å². The molecule has 0 aliphatic carbocycles. The largest absolute Gasteiger partial charge is 0.492 e. The summed E-state index contributed by atoms with van der Waals surface area (Å²) < 4.78 is 33.0. The minimum atomic E-state index is -3.90. The van der Waals surface area contributed by atoms with E-state index in [-0.39, 0.29) is 14.9 Å². The summed E-state index contributed by atoms with van der Waals surface area (Å²) in [5.74, 6) is 0.315. The lowest BCUT2D eigenvalue weighted by Crippen LogP contribution is -2.13. The highest BCUT2D eigenvalue weighted by Crippen LogP contribution is 2.36. The molecule has 8 heteroatoms. The third kappa shape index (κ3) is 4.81. The predicted molar refractivity (Wildman–Crippen MR) is 74.4 cm³/mol. The van der Waals surface area contributed by atoms with Crippen molar-refractivity contribution in [2.24, 2.45) is 5.14 Å². The first-order valence-electron chi connectivity index (χ1n) is 5.59. The van der Waals surface area contributed by atoms with E-state index < -0.39 is 10.0 Å². The van der Waals surface area contributed by atoms with Crippen LogP contribution in [0.4, 0.5) is 0 Å². The first-order chi connectivity index (χ1) is 8.88. The summed E-state index contributed by atoms with van der Waals surface area (Å²) in [6.45, 7) is 3.53. The maximum Gasteiger partial charge on any atom is 0.239 e. The summed E-state index contributed by atoms with van der Waals surface area (Å²) in [7, 11) is -3.90. The SMILES string of the molecule is CCOCCCOc1ccc(S(N)(=O)=O)c(Cl)c1Cl. The zero-order valence-electron chi connectivity index (χ0n) is 10.4. The predicted octanol–water partition coefficient (Wildman–Crippen LogP) is 2.45. The summed E-state index contributed by atoms with van der Waals surface area (Å²) in [5, 5.41) is 4.90. The molecule has 0 saturated heterocycles. The van der Waals surface area contributed by atoms with Gasteiger partial charge in [-0.05, 0) is 19.1 Å². The molecule has 1 rings (SSSR count). The molecule has 0 fully saturated rings. The van der Waals surface area contributed by atoms with Crippen LogP contribution in [0.3, 0.4) is 0 Å². The molecule has 0 heterocycles. The van der Waals surface area contributed by atoms with Crippen LogP contribution < -0.4 is 9.88 Å². The molecule has 0 aliphatic heterocycles. The summed E-state index contributed by atoms with van der Waals surface area (Å²) in [4.78, 5) is -0.221. The molecule has 1 aromatic carbocycles. The van der Waals surface area contributed by atoms with Gasteiger partial charge in [-0.2, -0.15) is 0 Å². The molecule has 19 heavy (non-hydrogen) atoms. The molecular weight excluding hydrogens is 313 g/mol. The fourth-order valence-corrected chi connectivity index (χ4v) is 2.70. The maximum atomic E-state index is 11.2. The Hall–Kier alpha value is -0.530. The first kappa shape index (κ1) is 16.5. The molecule has 0 aromatic heterocycles. The Morgan fingerprint density at radius 2 is 1.89 bits per heavy atom. The van der Waals surface area contributed by atoms with E-state index >= 15 is 0 Å². The van der Waals surface area contributed by atoms with Crippen LogP contribution in [0.2, 0.25) is 10.0 Å². The lowest BCUT2D eigenvalue weighted by molar-refractivity contribution is 0.131. The second-order valence-corrected chi connectivity index (χ2v) is 5.92. The number of primary sulfonamides is 1. The van der Waals surface area contributed by atoms with Gasteiger partial charge in [0.15, 0.2) is 0 Å². The molecule has 2 N–H and O–H groups in total. The van der Waals surface area contributed by atoms with Crippen molar-refractivity contribution in [1.29, 1.82) is 0 Å². The van der Waals surface area contributed by atoms with Crippen molar-refractivity contribution in [3.8, 4) is 5.75 Å². The fourth-order valence-electron chi connectivity index (χ4n) is 1.33. The summed E-state index contributed by atoms with van der Waals surface area (Å²) in [6, 6.07) is 2.69. The number of hydrogen-bond acceptors (Lipinski definition) is 4. The topological polar surface area (TPSA) is 78.6 Å². The highest BCUT2D eigenvalue weighted by molar-refractivity contribution is 7.89. The molecule has 5 nitrogen and oxygen atoms in total. The molecule has 0 amide bonds. The van der Waals surface area contributed by atoms with Crippen LogP contribution >= 0.6 is 23.2 Å². The molecule has 0 unspecified atom stereocenters. The quantitative estimate of drug-likeness (QED) is 0.780. The van der Waals surface area contributed by atoms with Gasteiger partial charge < -0.3 is 9.47 Å². The Morgan fingerprint density at radius 3 is 2.47 bits per heavy atom. The van der Waals surface area contributed by atoms with E-state index in [2.05, 4.69) is 0 Å².